The standard InChI is InChI=1S/C19H18N2O4/c1-3-25-19(24)15-16(22)14-5-4-10-20-17(14)21(18(15)23)11-13-8-6-12(2)7-9-13/h4-10,22H,3,11H2,1-2H3. The minimum atomic E-state index is -0.839. The van der Waals surface area contributed by atoms with Crippen LogP contribution in [0.5, 0.6) is 5.75 Å². The number of aromatic nitrogens is 2. The number of fused-ring (bicyclic) bond motifs is 1. The van der Waals surface area contributed by atoms with Crippen molar-refractivity contribution in [3.63, 3.8) is 0 Å². The molecule has 0 radical (unpaired) electrons. The molecule has 0 amide bonds. The predicted octanol–water partition coefficient (Wildman–Crippen LogP) is 2.64. The molecule has 6 heteroatoms. The van der Waals surface area contributed by atoms with Crippen molar-refractivity contribution in [1.29, 1.82) is 0 Å². The van der Waals surface area contributed by atoms with E-state index in [1.165, 1.54) is 10.8 Å². The van der Waals surface area contributed by atoms with Gasteiger partial charge in [-0.15, -0.1) is 0 Å². The van der Waals surface area contributed by atoms with E-state index in [4.69, 9.17) is 4.74 Å². The number of rotatable bonds is 4. The first-order chi connectivity index (χ1) is 12.0. The van der Waals surface area contributed by atoms with Crippen molar-refractivity contribution in [3.8, 4) is 5.75 Å². The molecule has 128 valence electrons. The quantitative estimate of drug-likeness (QED) is 0.740. The van der Waals surface area contributed by atoms with Crippen LogP contribution in [0.1, 0.15) is 28.4 Å². The third kappa shape index (κ3) is 3.10. The summed E-state index contributed by atoms with van der Waals surface area (Å²) in [5.41, 5.74) is 1.33. The molecule has 6 nitrogen and oxygen atoms in total. The average Bonchev–Trinajstić information content (AvgIpc) is 2.60. The largest absolute Gasteiger partial charge is 0.506 e. The summed E-state index contributed by atoms with van der Waals surface area (Å²) in [6.45, 7) is 3.97. The van der Waals surface area contributed by atoms with Gasteiger partial charge in [0.1, 0.15) is 11.4 Å². The van der Waals surface area contributed by atoms with Gasteiger partial charge in [0.25, 0.3) is 5.56 Å². The van der Waals surface area contributed by atoms with Crippen LogP contribution in [0.3, 0.4) is 0 Å². The minimum Gasteiger partial charge on any atom is -0.506 e. The number of pyridine rings is 2. The van der Waals surface area contributed by atoms with Gasteiger partial charge >= 0.3 is 5.97 Å². The third-order valence-corrected chi connectivity index (χ3v) is 3.93. The monoisotopic (exact) mass is 338 g/mol. The van der Waals surface area contributed by atoms with Gasteiger partial charge in [-0.2, -0.15) is 0 Å². The van der Waals surface area contributed by atoms with Gasteiger partial charge < -0.3 is 9.84 Å². The second-order valence-corrected chi connectivity index (χ2v) is 5.70. The van der Waals surface area contributed by atoms with E-state index < -0.39 is 17.3 Å². The van der Waals surface area contributed by atoms with E-state index in [-0.39, 0.29) is 18.7 Å². The summed E-state index contributed by atoms with van der Waals surface area (Å²) in [7, 11) is 0. The van der Waals surface area contributed by atoms with E-state index >= 15 is 0 Å². The highest BCUT2D eigenvalue weighted by molar-refractivity contribution is 5.98. The maximum Gasteiger partial charge on any atom is 0.347 e. The van der Waals surface area contributed by atoms with Crippen LogP contribution in [-0.4, -0.2) is 27.2 Å². The Kier molecular flexibility index (Phi) is 4.52. The van der Waals surface area contributed by atoms with Gasteiger partial charge in [0.05, 0.1) is 18.5 Å². The fourth-order valence-electron chi connectivity index (χ4n) is 2.67. The zero-order valence-electron chi connectivity index (χ0n) is 14.0. The first-order valence-corrected chi connectivity index (χ1v) is 7.96. The maximum atomic E-state index is 12.9. The number of ether oxygens (including phenoxy) is 1. The van der Waals surface area contributed by atoms with Gasteiger partial charge in [-0.05, 0) is 31.5 Å². The molecule has 0 aliphatic carbocycles. The van der Waals surface area contributed by atoms with Crippen LogP contribution in [0.15, 0.2) is 47.4 Å². The van der Waals surface area contributed by atoms with Crippen LogP contribution in [0.2, 0.25) is 0 Å². The molecule has 2 aromatic heterocycles. The molecule has 25 heavy (non-hydrogen) atoms. The molecule has 0 spiro atoms. The highest BCUT2D eigenvalue weighted by Gasteiger charge is 2.23. The topological polar surface area (TPSA) is 81.4 Å². The Labute approximate surface area is 144 Å². The predicted molar refractivity (Wildman–Crippen MR) is 93.9 cm³/mol. The van der Waals surface area contributed by atoms with Gasteiger partial charge in [0.15, 0.2) is 5.56 Å². The summed E-state index contributed by atoms with van der Waals surface area (Å²) in [5, 5.41) is 10.7. The smallest absolute Gasteiger partial charge is 0.347 e. The molecular formula is C19H18N2O4. The normalized spacial score (nSPS) is 10.8. The van der Waals surface area contributed by atoms with Crippen LogP contribution < -0.4 is 5.56 Å². The van der Waals surface area contributed by atoms with E-state index in [1.807, 2.05) is 31.2 Å². The lowest BCUT2D eigenvalue weighted by Gasteiger charge is -2.13. The Balaban J connectivity index is 2.24. The highest BCUT2D eigenvalue weighted by atomic mass is 16.5. The van der Waals surface area contributed by atoms with Gasteiger partial charge in [0.2, 0.25) is 0 Å². The Hall–Kier alpha value is -3.15. The summed E-state index contributed by atoms with van der Waals surface area (Å²) in [6.07, 6.45) is 1.54. The maximum absolute atomic E-state index is 12.9. The first-order valence-electron chi connectivity index (χ1n) is 7.96. The number of esters is 1. The summed E-state index contributed by atoms with van der Waals surface area (Å²) >= 11 is 0. The number of aromatic hydroxyl groups is 1. The zero-order chi connectivity index (χ0) is 18.0. The summed E-state index contributed by atoms with van der Waals surface area (Å²) in [5.74, 6) is -1.24. The molecule has 0 unspecified atom stereocenters. The second kappa shape index (κ2) is 6.76. The van der Waals surface area contributed by atoms with E-state index in [2.05, 4.69) is 4.98 Å². The molecule has 0 aliphatic rings. The molecule has 3 rings (SSSR count). The van der Waals surface area contributed by atoms with Gasteiger partial charge in [-0.1, -0.05) is 29.8 Å². The number of benzene rings is 1. The Morgan fingerprint density at radius 2 is 1.96 bits per heavy atom. The van der Waals surface area contributed by atoms with E-state index in [0.29, 0.717) is 11.0 Å². The van der Waals surface area contributed by atoms with Crippen molar-refractivity contribution >= 4 is 17.0 Å². The number of hydrogen-bond acceptors (Lipinski definition) is 5. The molecule has 0 saturated carbocycles. The number of hydrogen-bond donors (Lipinski definition) is 1. The number of aryl methyl sites for hydroxylation is 1. The van der Waals surface area contributed by atoms with Gasteiger partial charge in [-0.3, -0.25) is 9.36 Å². The van der Waals surface area contributed by atoms with E-state index in [1.54, 1.807) is 19.1 Å². The van der Waals surface area contributed by atoms with Gasteiger partial charge in [0, 0.05) is 6.20 Å². The SMILES string of the molecule is CCOC(=O)c1c(O)c2cccnc2n(Cc2ccc(C)cc2)c1=O. The van der Waals surface area contributed by atoms with Crippen LogP contribution >= 0.6 is 0 Å². The number of nitrogens with zero attached hydrogens (tertiary/aromatic N) is 2. The summed E-state index contributed by atoms with van der Waals surface area (Å²) in [6, 6.07) is 11.0. The molecule has 3 aromatic rings. The van der Waals surface area contributed by atoms with Gasteiger partial charge in [-0.25, -0.2) is 9.78 Å². The van der Waals surface area contributed by atoms with Crippen molar-refractivity contribution in [1.82, 2.24) is 9.55 Å². The van der Waals surface area contributed by atoms with Crippen molar-refractivity contribution in [2.24, 2.45) is 0 Å². The average molecular weight is 338 g/mol. The number of carbonyl (C=O) groups is 1. The molecule has 0 atom stereocenters. The molecule has 2 heterocycles. The lowest BCUT2D eigenvalue weighted by molar-refractivity contribution is 0.0520. The lowest BCUT2D eigenvalue weighted by Crippen LogP contribution is -2.29. The fraction of sp³-hybridized carbons (Fsp3) is 0.211. The summed E-state index contributed by atoms with van der Waals surface area (Å²) < 4.78 is 6.31. The highest BCUT2D eigenvalue weighted by Crippen LogP contribution is 2.25. The first kappa shape index (κ1) is 16.7. The number of carbonyl (C=O) groups excluding carboxylic acids is 1. The molecule has 0 fully saturated rings. The minimum absolute atomic E-state index is 0.112. The molecule has 0 aliphatic heterocycles. The van der Waals surface area contributed by atoms with Crippen LogP contribution in [0, 0.1) is 6.92 Å². The Morgan fingerprint density at radius 3 is 2.64 bits per heavy atom. The molecule has 1 aromatic carbocycles. The Bertz CT molecular complexity index is 991. The lowest BCUT2D eigenvalue weighted by atomic mass is 10.1. The van der Waals surface area contributed by atoms with E-state index in [9.17, 15) is 14.7 Å². The molecule has 0 bridgehead atoms. The van der Waals surface area contributed by atoms with Crippen molar-refractivity contribution in [3.05, 3.63) is 69.6 Å². The molecule has 1 N–H and O–H groups in total. The van der Waals surface area contributed by atoms with Crippen molar-refractivity contribution < 1.29 is 14.6 Å². The zero-order valence-corrected chi connectivity index (χ0v) is 14.0. The van der Waals surface area contributed by atoms with Crippen molar-refractivity contribution in [2.45, 2.75) is 20.4 Å². The Morgan fingerprint density at radius 1 is 1.24 bits per heavy atom. The summed E-state index contributed by atoms with van der Waals surface area (Å²) in [4.78, 5) is 29.2. The second-order valence-electron chi connectivity index (χ2n) is 5.70. The van der Waals surface area contributed by atoms with Crippen molar-refractivity contribution in [2.75, 3.05) is 6.61 Å². The van der Waals surface area contributed by atoms with Crippen LogP contribution in [0.4, 0.5) is 0 Å². The van der Waals surface area contributed by atoms with E-state index in [0.717, 1.165) is 11.1 Å². The molecular weight excluding hydrogens is 320 g/mol. The molecule has 0 saturated heterocycles. The van der Waals surface area contributed by atoms with Crippen LogP contribution in [-0.2, 0) is 11.3 Å². The van der Waals surface area contributed by atoms with Crippen LogP contribution in [0.25, 0.3) is 11.0 Å². The third-order valence-electron chi connectivity index (χ3n) is 3.93. The fourth-order valence-corrected chi connectivity index (χ4v) is 2.67.